The first-order valence-corrected chi connectivity index (χ1v) is 2.54. The first kappa shape index (κ1) is 8.43. The summed E-state index contributed by atoms with van der Waals surface area (Å²) in [7, 11) is 0. The highest BCUT2D eigenvalue weighted by atomic mass is 16.7. The molecule has 0 aliphatic carbocycles. The molecule has 0 aromatic rings. The van der Waals surface area contributed by atoms with E-state index in [2.05, 4.69) is 23.3 Å². The third-order valence-electron chi connectivity index (χ3n) is 0.566. The first-order valence-electron chi connectivity index (χ1n) is 2.54. The molecule has 3 nitrogen and oxygen atoms in total. The highest BCUT2D eigenvalue weighted by Gasteiger charge is 1.94. The van der Waals surface area contributed by atoms with E-state index in [0.717, 1.165) is 0 Å². The summed E-state index contributed by atoms with van der Waals surface area (Å²) in [5.74, 6) is -0.365. The van der Waals surface area contributed by atoms with Gasteiger partial charge in [-0.25, -0.2) is 0 Å². The largest absolute Gasteiger partial charge is 0.439 e. The number of carbonyl (C=O) groups is 1. The van der Waals surface area contributed by atoms with Crippen molar-refractivity contribution < 1.29 is 14.3 Å². The molecule has 0 unspecified atom stereocenters. The summed E-state index contributed by atoms with van der Waals surface area (Å²) in [6.45, 7) is 8.07. The summed E-state index contributed by atoms with van der Waals surface area (Å²) in [5.41, 5.74) is 0. The molecule has 2 radical (unpaired) electrons. The second-order valence-electron chi connectivity index (χ2n) is 1.54. The molecule has 0 aromatic heterocycles. The van der Waals surface area contributed by atoms with E-state index in [1.54, 1.807) is 0 Å². The normalized spacial score (nSPS) is 9.78. The van der Waals surface area contributed by atoms with Gasteiger partial charge in [0.25, 0.3) is 0 Å². The summed E-state index contributed by atoms with van der Waals surface area (Å²) in [5, 5.41) is 0. The lowest BCUT2D eigenvalue weighted by atomic mass is 10.5. The highest BCUT2D eigenvalue weighted by Crippen LogP contribution is 1.86. The summed E-state index contributed by atoms with van der Waals surface area (Å²) < 4.78 is 9.10. The van der Waals surface area contributed by atoms with Crippen LogP contribution in [0, 0.1) is 13.8 Å². The van der Waals surface area contributed by atoms with E-state index in [0.29, 0.717) is 0 Å². The third-order valence-corrected chi connectivity index (χ3v) is 0.566. The quantitative estimate of drug-likeness (QED) is 0.413. The van der Waals surface area contributed by atoms with Gasteiger partial charge in [0, 0.05) is 6.92 Å². The second kappa shape index (κ2) is 4.32. The molecule has 0 bridgehead atoms. The molecule has 0 saturated carbocycles. The Labute approximate surface area is 55.0 Å². The Balaban J connectivity index is 3.01. The van der Waals surface area contributed by atoms with Gasteiger partial charge in [0.05, 0.1) is 6.10 Å². The van der Waals surface area contributed by atoms with Crippen molar-refractivity contribution in [2.75, 3.05) is 6.79 Å². The molecule has 3 heteroatoms. The van der Waals surface area contributed by atoms with Crippen molar-refractivity contribution in [1.29, 1.82) is 0 Å². The van der Waals surface area contributed by atoms with Crippen LogP contribution in [0.25, 0.3) is 0 Å². The van der Waals surface area contributed by atoms with Crippen molar-refractivity contribution in [3.8, 4) is 0 Å². The summed E-state index contributed by atoms with van der Waals surface area (Å²) in [6, 6.07) is 0. The molecule has 0 fully saturated rings. The van der Waals surface area contributed by atoms with E-state index >= 15 is 0 Å². The maximum Gasteiger partial charge on any atom is 0.304 e. The number of ether oxygens (including phenoxy) is 2. The van der Waals surface area contributed by atoms with Crippen molar-refractivity contribution in [2.24, 2.45) is 0 Å². The molecular formula is C6H10O3. The van der Waals surface area contributed by atoms with Crippen LogP contribution in [0.4, 0.5) is 0 Å². The van der Waals surface area contributed by atoms with Gasteiger partial charge in [-0.1, -0.05) is 0 Å². The number of carbonyl (C=O) groups excluding carboxylic acids is 1. The molecule has 0 N–H and O–H groups in total. The minimum absolute atomic E-state index is 0.0625. The van der Waals surface area contributed by atoms with Crippen LogP contribution in [-0.4, -0.2) is 18.9 Å². The van der Waals surface area contributed by atoms with Gasteiger partial charge in [-0.05, 0) is 13.8 Å². The molecule has 9 heavy (non-hydrogen) atoms. The van der Waals surface area contributed by atoms with Gasteiger partial charge in [-0.2, -0.15) is 0 Å². The van der Waals surface area contributed by atoms with Crippen molar-refractivity contribution in [1.82, 2.24) is 0 Å². The van der Waals surface area contributed by atoms with E-state index in [1.165, 1.54) is 6.92 Å². The average Bonchev–Trinajstić information content (AvgIpc) is 1.63. The molecule has 0 spiro atoms. The predicted molar refractivity (Wildman–Crippen MR) is 32.2 cm³/mol. The van der Waals surface area contributed by atoms with E-state index in [1.807, 2.05) is 0 Å². The molecule has 0 heterocycles. The smallest absolute Gasteiger partial charge is 0.304 e. The predicted octanol–water partition coefficient (Wildman–Crippen LogP) is 0.560. The molecule has 0 saturated heterocycles. The summed E-state index contributed by atoms with van der Waals surface area (Å²) >= 11 is 0. The fourth-order valence-electron chi connectivity index (χ4n) is 0.213. The van der Waals surface area contributed by atoms with Gasteiger partial charge in [0.1, 0.15) is 0 Å². The summed E-state index contributed by atoms with van der Waals surface area (Å²) in [4.78, 5) is 10.1. The zero-order chi connectivity index (χ0) is 7.28. The lowest BCUT2D eigenvalue weighted by Gasteiger charge is -2.05. The van der Waals surface area contributed by atoms with Crippen molar-refractivity contribution >= 4 is 5.97 Å². The SMILES string of the molecule is [CH2]C([CH2])OCOC(C)=O. The average molecular weight is 130 g/mol. The van der Waals surface area contributed by atoms with Crippen molar-refractivity contribution in [3.05, 3.63) is 13.8 Å². The molecule has 52 valence electrons. The maximum atomic E-state index is 10.1. The van der Waals surface area contributed by atoms with Gasteiger partial charge >= 0.3 is 5.97 Å². The van der Waals surface area contributed by atoms with Gasteiger partial charge in [0.15, 0.2) is 6.79 Å². The van der Waals surface area contributed by atoms with Gasteiger partial charge in [-0.15, -0.1) is 0 Å². The Bertz CT molecular complexity index is 88.3. The monoisotopic (exact) mass is 130 g/mol. The van der Waals surface area contributed by atoms with Crippen LogP contribution >= 0.6 is 0 Å². The number of hydrogen-bond donors (Lipinski definition) is 0. The van der Waals surface area contributed by atoms with E-state index in [4.69, 9.17) is 0 Å². The molecule has 0 aromatic carbocycles. The minimum Gasteiger partial charge on any atom is -0.439 e. The Kier molecular flexibility index (Phi) is 4.05. The Morgan fingerprint density at radius 3 is 2.56 bits per heavy atom. The van der Waals surface area contributed by atoms with Crippen LogP contribution in [0.3, 0.4) is 0 Å². The van der Waals surface area contributed by atoms with E-state index in [-0.39, 0.29) is 18.9 Å². The summed E-state index contributed by atoms with van der Waals surface area (Å²) in [6.07, 6.45) is -0.385. The standard InChI is InChI=1S/C6H10O3/c1-5(2)8-4-9-6(3)7/h5H,1-2,4H2,3H3. The number of rotatable bonds is 3. The number of hydrogen-bond acceptors (Lipinski definition) is 3. The minimum atomic E-state index is -0.385. The topological polar surface area (TPSA) is 35.5 Å². The third kappa shape index (κ3) is 7.43. The zero-order valence-corrected chi connectivity index (χ0v) is 5.42. The molecular weight excluding hydrogens is 120 g/mol. The highest BCUT2D eigenvalue weighted by molar-refractivity contribution is 5.65. The zero-order valence-electron chi connectivity index (χ0n) is 5.42. The fourth-order valence-corrected chi connectivity index (χ4v) is 0.213. The molecule has 0 atom stereocenters. The van der Waals surface area contributed by atoms with Crippen LogP contribution in [0.15, 0.2) is 0 Å². The van der Waals surface area contributed by atoms with Gasteiger partial charge in [0.2, 0.25) is 0 Å². The molecule has 0 aliphatic rings. The fraction of sp³-hybridized carbons (Fsp3) is 0.500. The van der Waals surface area contributed by atoms with E-state index < -0.39 is 0 Å². The Hall–Kier alpha value is -0.570. The van der Waals surface area contributed by atoms with Crippen LogP contribution < -0.4 is 0 Å². The first-order chi connectivity index (χ1) is 4.13. The van der Waals surface area contributed by atoms with Crippen LogP contribution in [0.1, 0.15) is 6.92 Å². The maximum absolute atomic E-state index is 10.1. The van der Waals surface area contributed by atoms with E-state index in [9.17, 15) is 4.79 Å². The molecule has 0 amide bonds. The van der Waals surface area contributed by atoms with Crippen molar-refractivity contribution in [2.45, 2.75) is 13.0 Å². The lowest BCUT2D eigenvalue weighted by Crippen LogP contribution is -2.09. The number of esters is 1. The van der Waals surface area contributed by atoms with Crippen LogP contribution in [0.5, 0.6) is 0 Å². The van der Waals surface area contributed by atoms with Crippen LogP contribution in [-0.2, 0) is 14.3 Å². The van der Waals surface area contributed by atoms with Gasteiger partial charge in [-0.3, -0.25) is 4.79 Å². The van der Waals surface area contributed by atoms with Crippen molar-refractivity contribution in [3.63, 3.8) is 0 Å². The molecule has 0 rings (SSSR count). The van der Waals surface area contributed by atoms with Crippen LogP contribution in [0.2, 0.25) is 0 Å². The molecule has 0 aliphatic heterocycles. The Morgan fingerprint density at radius 2 is 2.22 bits per heavy atom. The lowest BCUT2D eigenvalue weighted by molar-refractivity contribution is -0.154. The second-order valence-corrected chi connectivity index (χ2v) is 1.54. The Morgan fingerprint density at radius 1 is 1.67 bits per heavy atom. The van der Waals surface area contributed by atoms with Gasteiger partial charge < -0.3 is 9.47 Å².